The molecule has 0 radical (unpaired) electrons. The van der Waals surface area contributed by atoms with Crippen molar-refractivity contribution < 1.29 is 15.0 Å². The summed E-state index contributed by atoms with van der Waals surface area (Å²) >= 11 is 0. The second kappa shape index (κ2) is 4.33. The van der Waals surface area contributed by atoms with E-state index in [0.29, 0.717) is 12.0 Å². The van der Waals surface area contributed by atoms with Gasteiger partial charge in [0.05, 0.1) is 6.61 Å². The highest BCUT2D eigenvalue weighted by atomic mass is 16.4. The molecule has 0 aliphatic heterocycles. The van der Waals surface area contributed by atoms with Crippen LogP contribution in [0.4, 0.5) is 0 Å². The molecule has 0 atom stereocenters. The highest BCUT2D eigenvalue weighted by Gasteiger charge is 2.03. The number of rotatable bonds is 2. The summed E-state index contributed by atoms with van der Waals surface area (Å²) in [5.74, 6) is 4.40. The first kappa shape index (κ1) is 9.36. The van der Waals surface area contributed by atoms with E-state index < -0.39 is 5.97 Å². The number of hydrogen-bond donors (Lipinski definition) is 3. The summed E-state index contributed by atoms with van der Waals surface area (Å²) in [6.07, 6.45) is 1.92. The number of nitrogens with one attached hydrogen (secondary N) is 1. The Morgan fingerprint density at radius 2 is 2.38 bits per heavy atom. The van der Waals surface area contributed by atoms with E-state index in [1.54, 1.807) is 0 Å². The summed E-state index contributed by atoms with van der Waals surface area (Å²) in [7, 11) is 0. The Kier molecular flexibility index (Phi) is 3.12. The average Bonchev–Trinajstić information content (AvgIpc) is 2.53. The Bertz CT molecular complexity index is 356. The maximum Gasteiger partial charge on any atom is 0.352 e. The maximum absolute atomic E-state index is 10.4. The summed E-state index contributed by atoms with van der Waals surface area (Å²) in [6, 6.07) is 1.45. The van der Waals surface area contributed by atoms with Gasteiger partial charge in [0.15, 0.2) is 0 Å². The van der Waals surface area contributed by atoms with Gasteiger partial charge < -0.3 is 15.2 Å². The van der Waals surface area contributed by atoms with Crippen LogP contribution in [0.3, 0.4) is 0 Å². The number of H-pyrrole nitrogens is 1. The first-order valence-electron chi connectivity index (χ1n) is 3.75. The predicted molar refractivity (Wildman–Crippen MR) is 46.3 cm³/mol. The zero-order chi connectivity index (χ0) is 9.68. The number of aliphatic hydroxyl groups excluding tert-OH is 1. The Hall–Kier alpha value is -1.73. The lowest BCUT2D eigenvalue weighted by Crippen LogP contribution is -1.94. The van der Waals surface area contributed by atoms with Crippen LogP contribution < -0.4 is 0 Å². The van der Waals surface area contributed by atoms with E-state index in [0.717, 1.165) is 0 Å². The summed E-state index contributed by atoms with van der Waals surface area (Å²) < 4.78 is 0. The molecule has 13 heavy (non-hydrogen) atoms. The van der Waals surface area contributed by atoms with Gasteiger partial charge in [0, 0.05) is 18.2 Å². The Balaban J connectivity index is 2.71. The molecule has 0 saturated carbocycles. The van der Waals surface area contributed by atoms with E-state index in [1.807, 2.05) is 0 Å². The number of hydrogen-bond acceptors (Lipinski definition) is 2. The van der Waals surface area contributed by atoms with Crippen LogP contribution in [0.2, 0.25) is 0 Å². The smallest absolute Gasteiger partial charge is 0.352 e. The van der Waals surface area contributed by atoms with Gasteiger partial charge in [0.25, 0.3) is 0 Å². The molecular weight excluding hydrogens is 170 g/mol. The first-order chi connectivity index (χ1) is 6.24. The highest BCUT2D eigenvalue weighted by molar-refractivity contribution is 5.86. The summed E-state index contributed by atoms with van der Waals surface area (Å²) in [5.41, 5.74) is 0.735. The van der Waals surface area contributed by atoms with Gasteiger partial charge >= 0.3 is 5.97 Å². The van der Waals surface area contributed by atoms with Crippen molar-refractivity contribution >= 4 is 5.97 Å². The minimum Gasteiger partial charge on any atom is -0.477 e. The van der Waals surface area contributed by atoms with Crippen LogP contribution in [0.25, 0.3) is 0 Å². The van der Waals surface area contributed by atoms with Gasteiger partial charge in [-0.05, 0) is 6.07 Å². The largest absolute Gasteiger partial charge is 0.477 e. The molecule has 3 N–H and O–H groups in total. The van der Waals surface area contributed by atoms with Crippen LogP contribution in [0, 0.1) is 11.8 Å². The van der Waals surface area contributed by atoms with Gasteiger partial charge in [0.2, 0.25) is 0 Å². The molecule has 4 nitrogen and oxygen atoms in total. The lowest BCUT2D eigenvalue weighted by atomic mass is 10.3. The fourth-order valence-electron chi connectivity index (χ4n) is 0.810. The lowest BCUT2D eigenvalue weighted by Gasteiger charge is -1.81. The SMILES string of the molecule is O=C(O)c1cc(C#CCCO)c[nH]1. The molecule has 0 aliphatic rings. The van der Waals surface area contributed by atoms with E-state index >= 15 is 0 Å². The number of carbonyl (C=O) groups is 1. The summed E-state index contributed by atoms with van der Waals surface area (Å²) in [4.78, 5) is 13.0. The normalized spacial score (nSPS) is 9.00. The standard InChI is InChI=1S/C9H9NO3/c11-4-2-1-3-7-5-8(9(12)13)10-6-7/h5-6,10-11H,2,4H2,(H,12,13). The molecule has 0 saturated heterocycles. The van der Waals surface area contributed by atoms with Gasteiger partial charge in [-0.3, -0.25) is 0 Å². The van der Waals surface area contributed by atoms with Crippen molar-refractivity contribution in [2.24, 2.45) is 0 Å². The molecule has 0 spiro atoms. The molecule has 68 valence electrons. The molecule has 0 unspecified atom stereocenters. The first-order valence-corrected chi connectivity index (χ1v) is 3.75. The third-order valence-corrected chi connectivity index (χ3v) is 1.38. The maximum atomic E-state index is 10.4. The summed E-state index contributed by atoms with van der Waals surface area (Å²) in [5, 5.41) is 17.0. The molecule has 4 heteroatoms. The van der Waals surface area contributed by atoms with Crippen molar-refractivity contribution in [1.82, 2.24) is 4.98 Å². The van der Waals surface area contributed by atoms with Crippen molar-refractivity contribution in [3.8, 4) is 11.8 Å². The van der Waals surface area contributed by atoms with Crippen molar-refractivity contribution in [3.05, 3.63) is 23.5 Å². The molecule has 1 heterocycles. The van der Waals surface area contributed by atoms with Gasteiger partial charge in [-0.25, -0.2) is 4.79 Å². The number of aromatic nitrogens is 1. The molecule has 0 fully saturated rings. The molecule has 0 amide bonds. The Labute approximate surface area is 75.2 Å². The van der Waals surface area contributed by atoms with Crippen LogP contribution in [-0.4, -0.2) is 27.8 Å². The van der Waals surface area contributed by atoms with Gasteiger partial charge in [-0.1, -0.05) is 11.8 Å². The van der Waals surface area contributed by atoms with Crippen LogP contribution >= 0.6 is 0 Å². The topological polar surface area (TPSA) is 73.3 Å². The van der Waals surface area contributed by atoms with E-state index in [2.05, 4.69) is 16.8 Å². The van der Waals surface area contributed by atoms with Gasteiger partial charge in [0.1, 0.15) is 5.69 Å². The number of carboxylic acids is 1. The van der Waals surface area contributed by atoms with Crippen LogP contribution in [0.1, 0.15) is 22.5 Å². The van der Waals surface area contributed by atoms with Crippen LogP contribution in [0.5, 0.6) is 0 Å². The molecule has 1 rings (SSSR count). The van der Waals surface area contributed by atoms with Crippen molar-refractivity contribution in [2.75, 3.05) is 6.61 Å². The van der Waals surface area contributed by atoms with E-state index in [4.69, 9.17) is 10.2 Å². The zero-order valence-corrected chi connectivity index (χ0v) is 6.87. The predicted octanol–water partition coefficient (Wildman–Crippen LogP) is 0.447. The second-order valence-corrected chi connectivity index (χ2v) is 2.38. The molecule has 1 aromatic rings. The van der Waals surface area contributed by atoms with Crippen molar-refractivity contribution in [3.63, 3.8) is 0 Å². The number of aliphatic hydroxyl groups is 1. The van der Waals surface area contributed by atoms with E-state index in [9.17, 15) is 4.79 Å². The third kappa shape index (κ3) is 2.65. The minimum atomic E-state index is -1.00. The molecule has 1 aromatic heterocycles. The van der Waals surface area contributed by atoms with Crippen molar-refractivity contribution in [1.29, 1.82) is 0 Å². The number of aromatic amines is 1. The zero-order valence-electron chi connectivity index (χ0n) is 6.87. The molecular formula is C9H9NO3. The van der Waals surface area contributed by atoms with Crippen LogP contribution in [0.15, 0.2) is 12.3 Å². The fraction of sp³-hybridized carbons (Fsp3) is 0.222. The quantitative estimate of drug-likeness (QED) is 0.577. The van der Waals surface area contributed by atoms with E-state index in [-0.39, 0.29) is 12.3 Å². The number of aromatic carboxylic acids is 1. The monoisotopic (exact) mass is 179 g/mol. The second-order valence-electron chi connectivity index (χ2n) is 2.38. The number of carboxylic acid groups (broad SMARTS) is 1. The Morgan fingerprint density at radius 3 is 2.92 bits per heavy atom. The lowest BCUT2D eigenvalue weighted by molar-refractivity contribution is 0.0691. The summed E-state index contributed by atoms with van der Waals surface area (Å²) in [6.45, 7) is 0.0171. The molecule has 0 bridgehead atoms. The third-order valence-electron chi connectivity index (χ3n) is 1.38. The molecule has 0 aromatic carbocycles. The van der Waals surface area contributed by atoms with E-state index in [1.165, 1.54) is 12.3 Å². The van der Waals surface area contributed by atoms with Gasteiger partial charge in [-0.2, -0.15) is 0 Å². The van der Waals surface area contributed by atoms with Gasteiger partial charge in [-0.15, -0.1) is 0 Å². The highest BCUT2D eigenvalue weighted by Crippen LogP contribution is 2.01. The fourth-order valence-corrected chi connectivity index (χ4v) is 0.810. The Morgan fingerprint density at radius 1 is 1.62 bits per heavy atom. The average molecular weight is 179 g/mol. The van der Waals surface area contributed by atoms with Crippen LogP contribution in [-0.2, 0) is 0 Å². The molecule has 0 aliphatic carbocycles. The minimum absolute atomic E-state index is 0.0171. The van der Waals surface area contributed by atoms with Crippen molar-refractivity contribution in [2.45, 2.75) is 6.42 Å².